The van der Waals surface area contributed by atoms with Gasteiger partial charge in [-0.3, -0.25) is 0 Å². The number of hydrogen-bond donors (Lipinski definition) is 4. The second-order valence-corrected chi connectivity index (χ2v) is 5.57. The molecule has 10 nitrogen and oxygen atoms in total. The summed E-state index contributed by atoms with van der Waals surface area (Å²) in [4.78, 5) is 45.5. The Hall–Kier alpha value is -2.20. The van der Waals surface area contributed by atoms with E-state index in [1.54, 1.807) is 0 Å². The van der Waals surface area contributed by atoms with Crippen molar-refractivity contribution >= 4 is 24.1 Å². The van der Waals surface area contributed by atoms with E-state index in [1.165, 1.54) is 0 Å². The van der Waals surface area contributed by atoms with Crippen molar-refractivity contribution in [2.24, 2.45) is 11.5 Å². The molecule has 0 atom stereocenters. The van der Waals surface area contributed by atoms with Crippen LogP contribution >= 0.6 is 0 Å². The molecule has 0 aromatic carbocycles. The summed E-state index contributed by atoms with van der Waals surface area (Å²) in [6, 6.07) is 0. The van der Waals surface area contributed by atoms with Crippen molar-refractivity contribution < 1.29 is 28.7 Å². The van der Waals surface area contributed by atoms with E-state index in [4.69, 9.17) is 11.5 Å². The van der Waals surface area contributed by atoms with Gasteiger partial charge in [0.25, 0.3) is 0 Å². The first kappa shape index (κ1) is 16.2. The van der Waals surface area contributed by atoms with E-state index in [0.29, 0.717) is 25.7 Å². The van der Waals surface area contributed by atoms with Crippen molar-refractivity contribution in [3.05, 3.63) is 0 Å². The maximum Gasteiger partial charge on any atom is 0.426 e. The Labute approximate surface area is 125 Å². The van der Waals surface area contributed by atoms with Crippen LogP contribution in [0.15, 0.2) is 0 Å². The molecule has 2 aliphatic carbocycles. The predicted molar refractivity (Wildman–Crippen MR) is 71.3 cm³/mol. The molecule has 2 saturated carbocycles. The summed E-state index contributed by atoms with van der Waals surface area (Å²) in [5.41, 5.74) is 9.74. The second-order valence-electron chi connectivity index (χ2n) is 5.57. The molecule has 0 bridgehead atoms. The Kier molecular flexibility index (Phi) is 4.33. The standard InChI is InChI=1S/C12H18N4O6/c13-5-11(1-2-11)15-9(19)21-7(17)8(18)22-10(20)16-12(6-14)3-4-12/h1-6,13-14H2,(H,15,19)(H,16,20). The molecule has 22 heavy (non-hydrogen) atoms. The average Bonchev–Trinajstić information content (AvgIpc) is 3.36. The molecule has 6 N–H and O–H groups in total. The third kappa shape index (κ3) is 3.92. The van der Waals surface area contributed by atoms with Gasteiger partial charge in [-0.1, -0.05) is 0 Å². The summed E-state index contributed by atoms with van der Waals surface area (Å²) in [6.07, 6.45) is 0.459. The molecule has 0 spiro atoms. The maximum atomic E-state index is 11.4. The first-order valence-corrected chi connectivity index (χ1v) is 6.82. The largest absolute Gasteiger partial charge is 0.426 e. The molecule has 0 aliphatic heterocycles. The molecule has 0 heterocycles. The van der Waals surface area contributed by atoms with Gasteiger partial charge >= 0.3 is 24.1 Å². The Morgan fingerprint density at radius 3 is 1.32 bits per heavy atom. The Morgan fingerprint density at radius 2 is 1.09 bits per heavy atom. The monoisotopic (exact) mass is 314 g/mol. The van der Waals surface area contributed by atoms with Crippen LogP contribution in [0.2, 0.25) is 0 Å². The van der Waals surface area contributed by atoms with Crippen LogP contribution in [0.4, 0.5) is 9.59 Å². The number of carbonyl (C=O) groups is 4. The molecule has 2 rings (SSSR count). The molecule has 0 aromatic heterocycles. The molecule has 2 amide bonds. The van der Waals surface area contributed by atoms with E-state index in [-0.39, 0.29) is 13.1 Å². The predicted octanol–water partition coefficient (Wildman–Crippen LogP) is -1.53. The van der Waals surface area contributed by atoms with Crippen LogP contribution in [0.1, 0.15) is 25.7 Å². The number of nitrogens with two attached hydrogens (primary N) is 2. The highest BCUT2D eigenvalue weighted by Crippen LogP contribution is 2.34. The molecule has 2 fully saturated rings. The molecular formula is C12H18N4O6. The highest BCUT2D eigenvalue weighted by molar-refractivity contribution is 6.33. The quantitative estimate of drug-likeness (QED) is 0.276. The lowest BCUT2D eigenvalue weighted by molar-refractivity contribution is -0.160. The summed E-state index contributed by atoms with van der Waals surface area (Å²) in [5.74, 6) is -3.17. The molecule has 2 aliphatic rings. The summed E-state index contributed by atoms with van der Waals surface area (Å²) >= 11 is 0. The normalized spacial score (nSPS) is 19.5. The first-order chi connectivity index (χ1) is 10.3. The molecule has 122 valence electrons. The third-order valence-corrected chi connectivity index (χ3v) is 3.76. The van der Waals surface area contributed by atoms with Crippen molar-refractivity contribution in [1.29, 1.82) is 0 Å². The number of carbonyl (C=O) groups excluding carboxylic acids is 4. The number of rotatable bonds is 4. The van der Waals surface area contributed by atoms with Crippen LogP contribution in [0.3, 0.4) is 0 Å². The highest BCUT2D eigenvalue weighted by atomic mass is 16.6. The van der Waals surface area contributed by atoms with Gasteiger partial charge in [0.1, 0.15) is 0 Å². The van der Waals surface area contributed by atoms with Crippen LogP contribution in [-0.2, 0) is 19.1 Å². The molecule has 0 radical (unpaired) electrons. The van der Waals surface area contributed by atoms with E-state index in [0.717, 1.165) is 0 Å². The Balaban J connectivity index is 1.73. The molecule has 0 unspecified atom stereocenters. The number of hydrogen-bond acceptors (Lipinski definition) is 8. The minimum absolute atomic E-state index is 0.199. The fourth-order valence-electron chi connectivity index (χ4n) is 1.80. The Bertz CT molecular complexity index is 466. The zero-order valence-electron chi connectivity index (χ0n) is 11.8. The minimum Gasteiger partial charge on any atom is -0.368 e. The number of amides is 2. The summed E-state index contributed by atoms with van der Waals surface area (Å²) in [5, 5.41) is 4.76. The van der Waals surface area contributed by atoms with E-state index >= 15 is 0 Å². The lowest BCUT2D eigenvalue weighted by atomic mass is 10.3. The summed E-state index contributed by atoms with van der Waals surface area (Å²) < 4.78 is 8.48. The van der Waals surface area contributed by atoms with Crippen molar-refractivity contribution in [1.82, 2.24) is 10.6 Å². The molecule has 10 heteroatoms. The molecule has 0 aromatic rings. The fraction of sp³-hybridized carbons (Fsp3) is 0.667. The van der Waals surface area contributed by atoms with Crippen molar-refractivity contribution in [2.75, 3.05) is 13.1 Å². The van der Waals surface area contributed by atoms with Crippen LogP contribution in [0, 0.1) is 0 Å². The Morgan fingerprint density at radius 1 is 0.773 bits per heavy atom. The van der Waals surface area contributed by atoms with Gasteiger partial charge in [-0.05, 0) is 25.7 Å². The van der Waals surface area contributed by atoms with Gasteiger partial charge in [0.05, 0.1) is 11.1 Å². The third-order valence-electron chi connectivity index (χ3n) is 3.76. The lowest BCUT2D eigenvalue weighted by Crippen LogP contribution is -2.45. The molecular weight excluding hydrogens is 296 g/mol. The topological polar surface area (TPSA) is 163 Å². The second kappa shape index (κ2) is 5.89. The SMILES string of the molecule is NCC1(NC(=O)OC(=O)C(=O)OC(=O)NC2(CN)CC2)CC1. The highest BCUT2D eigenvalue weighted by Gasteiger charge is 2.45. The summed E-state index contributed by atoms with van der Waals surface area (Å²) in [6.45, 7) is 0.397. The van der Waals surface area contributed by atoms with Crippen LogP contribution in [-0.4, -0.2) is 48.3 Å². The van der Waals surface area contributed by atoms with Gasteiger partial charge in [-0.15, -0.1) is 0 Å². The number of alkyl carbamates (subject to hydrolysis) is 2. The van der Waals surface area contributed by atoms with E-state index in [2.05, 4.69) is 20.1 Å². The molecule has 0 saturated heterocycles. The summed E-state index contributed by atoms with van der Waals surface area (Å²) in [7, 11) is 0. The first-order valence-electron chi connectivity index (χ1n) is 6.82. The van der Waals surface area contributed by atoms with Crippen LogP contribution in [0.5, 0.6) is 0 Å². The van der Waals surface area contributed by atoms with Crippen LogP contribution < -0.4 is 22.1 Å². The average molecular weight is 314 g/mol. The van der Waals surface area contributed by atoms with Crippen molar-refractivity contribution in [3.63, 3.8) is 0 Å². The van der Waals surface area contributed by atoms with Crippen molar-refractivity contribution in [3.8, 4) is 0 Å². The zero-order valence-corrected chi connectivity index (χ0v) is 11.8. The van der Waals surface area contributed by atoms with Crippen LogP contribution in [0.25, 0.3) is 0 Å². The smallest absolute Gasteiger partial charge is 0.368 e. The van der Waals surface area contributed by atoms with Gasteiger partial charge in [0.2, 0.25) is 0 Å². The van der Waals surface area contributed by atoms with E-state index in [9.17, 15) is 19.2 Å². The maximum absolute atomic E-state index is 11.4. The van der Waals surface area contributed by atoms with E-state index < -0.39 is 35.2 Å². The zero-order chi connectivity index (χ0) is 16.4. The van der Waals surface area contributed by atoms with Crippen molar-refractivity contribution in [2.45, 2.75) is 36.8 Å². The number of nitrogens with one attached hydrogen (secondary N) is 2. The van der Waals surface area contributed by atoms with E-state index in [1.807, 2.05) is 0 Å². The van der Waals surface area contributed by atoms with Gasteiger partial charge < -0.3 is 31.6 Å². The minimum atomic E-state index is -1.59. The number of esters is 2. The lowest BCUT2D eigenvalue weighted by Gasteiger charge is -2.14. The fourth-order valence-corrected chi connectivity index (χ4v) is 1.80. The van der Waals surface area contributed by atoms with Gasteiger partial charge in [0.15, 0.2) is 0 Å². The van der Waals surface area contributed by atoms with Gasteiger partial charge in [-0.2, -0.15) is 0 Å². The van der Waals surface area contributed by atoms with Gasteiger partial charge in [0, 0.05) is 13.1 Å². The number of ether oxygens (including phenoxy) is 2. The van der Waals surface area contributed by atoms with Gasteiger partial charge in [-0.25, -0.2) is 19.2 Å².